The summed E-state index contributed by atoms with van der Waals surface area (Å²) in [6.45, 7) is -0.567. The number of hydrogen-bond donors (Lipinski definition) is 2. The molecular weight excluding hydrogens is 474 g/mol. The molecule has 3 amide bonds. The SMILES string of the molecule is NS(=O)(=O)c1cccc(NC(=O)COC(=O)c2ccc3c(c2)C(=O)N(Cc2ccccc2)C3=O)c1. The van der Waals surface area contributed by atoms with Crippen molar-refractivity contribution in [2.45, 2.75) is 11.4 Å². The van der Waals surface area contributed by atoms with Gasteiger partial charge in [-0.3, -0.25) is 19.3 Å². The molecule has 11 heteroatoms. The van der Waals surface area contributed by atoms with Gasteiger partial charge in [0, 0.05) is 5.69 Å². The van der Waals surface area contributed by atoms with Crippen LogP contribution in [0, 0.1) is 0 Å². The molecule has 35 heavy (non-hydrogen) atoms. The summed E-state index contributed by atoms with van der Waals surface area (Å²) in [7, 11) is -3.95. The highest BCUT2D eigenvalue weighted by atomic mass is 32.2. The van der Waals surface area contributed by atoms with Crippen LogP contribution >= 0.6 is 0 Å². The summed E-state index contributed by atoms with van der Waals surface area (Å²) in [6.07, 6.45) is 0. The van der Waals surface area contributed by atoms with E-state index in [9.17, 15) is 27.6 Å². The number of imide groups is 1. The van der Waals surface area contributed by atoms with Crippen LogP contribution in [0.15, 0.2) is 77.7 Å². The van der Waals surface area contributed by atoms with E-state index in [1.54, 1.807) is 24.3 Å². The standard InChI is InChI=1S/C24H19N3O7S/c25-35(32,33)18-8-4-7-17(12-18)26-21(28)14-34-24(31)16-9-10-19-20(11-16)23(30)27(22(19)29)13-15-5-2-1-3-6-15/h1-12H,13-14H2,(H,26,28)(H2,25,32,33). The van der Waals surface area contributed by atoms with E-state index in [4.69, 9.17) is 9.88 Å². The Morgan fingerprint density at radius 2 is 1.60 bits per heavy atom. The number of carbonyl (C=O) groups excluding carboxylic acids is 4. The van der Waals surface area contributed by atoms with Crippen molar-refractivity contribution in [2.24, 2.45) is 5.14 Å². The highest BCUT2D eigenvalue weighted by molar-refractivity contribution is 7.89. The van der Waals surface area contributed by atoms with Gasteiger partial charge in [-0.05, 0) is 42.0 Å². The molecule has 4 rings (SSSR count). The largest absolute Gasteiger partial charge is 0.452 e. The van der Waals surface area contributed by atoms with Crippen LogP contribution in [0.4, 0.5) is 5.69 Å². The van der Waals surface area contributed by atoms with Crippen LogP contribution in [0.5, 0.6) is 0 Å². The molecule has 1 aliphatic rings. The first kappa shape index (κ1) is 23.8. The summed E-state index contributed by atoms with van der Waals surface area (Å²) in [5.74, 6) is -2.58. The molecule has 0 unspecified atom stereocenters. The van der Waals surface area contributed by atoms with E-state index in [0.717, 1.165) is 10.5 Å². The smallest absolute Gasteiger partial charge is 0.338 e. The number of nitrogens with zero attached hydrogens (tertiary/aromatic N) is 1. The number of esters is 1. The molecule has 1 heterocycles. The predicted octanol–water partition coefficient (Wildman–Crippen LogP) is 1.93. The number of benzene rings is 3. The van der Waals surface area contributed by atoms with E-state index in [1.807, 2.05) is 6.07 Å². The predicted molar refractivity (Wildman–Crippen MR) is 124 cm³/mol. The Morgan fingerprint density at radius 3 is 2.31 bits per heavy atom. The minimum absolute atomic E-state index is 0.00418. The summed E-state index contributed by atoms with van der Waals surface area (Å²) in [4.78, 5) is 50.9. The number of anilines is 1. The first-order chi connectivity index (χ1) is 16.6. The van der Waals surface area contributed by atoms with Crippen molar-refractivity contribution in [1.29, 1.82) is 0 Å². The van der Waals surface area contributed by atoms with E-state index in [1.165, 1.54) is 42.5 Å². The van der Waals surface area contributed by atoms with E-state index in [0.29, 0.717) is 0 Å². The topological polar surface area (TPSA) is 153 Å². The zero-order valence-electron chi connectivity index (χ0n) is 18.1. The fourth-order valence-corrected chi connectivity index (χ4v) is 4.05. The number of amides is 3. The Hall–Kier alpha value is -4.35. The second kappa shape index (κ2) is 9.49. The number of hydrogen-bond acceptors (Lipinski definition) is 7. The van der Waals surface area contributed by atoms with Crippen molar-refractivity contribution in [3.05, 3.63) is 95.1 Å². The zero-order valence-corrected chi connectivity index (χ0v) is 18.9. The number of sulfonamides is 1. The first-order valence-electron chi connectivity index (χ1n) is 10.3. The maximum absolute atomic E-state index is 12.8. The molecule has 0 bridgehead atoms. The van der Waals surface area contributed by atoms with Crippen molar-refractivity contribution in [3.8, 4) is 0 Å². The van der Waals surface area contributed by atoms with Gasteiger partial charge in [0.25, 0.3) is 17.7 Å². The van der Waals surface area contributed by atoms with Gasteiger partial charge >= 0.3 is 5.97 Å². The van der Waals surface area contributed by atoms with E-state index in [2.05, 4.69) is 5.32 Å². The normalized spacial score (nSPS) is 12.9. The summed E-state index contributed by atoms with van der Waals surface area (Å²) >= 11 is 0. The Kier molecular flexibility index (Phi) is 6.45. The summed E-state index contributed by atoms with van der Waals surface area (Å²) in [6, 6.07) is 18.3. The number of fused-ring (bicyclic) bond motifs is 1. The lowest BCUT2D eigenvalue weighted by Crippen LogP contribution is -2.29. The molecule has 1 aliphatic heterocycles. The average Bonchev–Trinajstić information content (AvgIpc) is 3.07. The molecule has 0 fully saturated rings. The molecule has 0 atom stereocenters. The molecule has 178 valence electrons. The highest BCUT2D eigenvalue weighted by Gasteiger charge is 2.36. The van der Waals surface area contributed by atoms with Crippen molar-refractivity contribution in [1.82, 2.24) is 4.90 Å². The zero-order chi connectivity index (χ0) is 25.2. The maximum Gasteiger partial charge on any atom is 0.338 e. The van der Waals surface area contributed by atoms with Gasteiger partial charge in [-0.2, -0.15) is 0 Å². The van der Waals surface area contributed by atoms with Crippen molar-refractivity contribution in [2.75, 3.05) is 11.9 Å². The van der Waals surface area contributed by atoms with Crippen LogP contribution in [0.25, 0.3) is 0 Å². The maximum atomic E-state index is 12.8. The van der Waals surface area contributed by atoms with Gasteiger partial charge in [0.2, 0.25) is 10.0 Å². The van der Waals surface area contributed by atoms with Gasteiger partial charge < -0.3 is 10.1 Å². The monoisotopic (exact) mass is 493 g/mol. The second-order valence-corrected chi connectivity index (χ2v) is 9.20. The summed E-state index contributed by atoms with van der Waals surface area (Å²) in [5, 5.41) is 7.47. The number of nitrogens with one attached hydrogen (secondary N) is 1. The molecule has 3 N–H and O–H groups in total. The van der Waals surface area contributed by atoms with Crippen LogP contribution in [-0.4, -0.2) is 43.6 Å². The number of primary sulfonamides is 1. The Balaban J connectivity index is 1.40. The minimum atomic E-state index is -3.95. The van der Waals surface area contributed by atoms with Gasteiger partial charge in [0.05, 0.1) is 28.1 Å². The van der Waals surface area contributed by atoms with Crippen LogP contribution in [0.3, 0.4) is 0 Å². The minimum Gasteiger partial charge on any atom is -0.452 e. The number of rotatable bonds is 7. The molecule has 3 aromatic carbocycles. The molecule has 0 aromatic heterocycles. The van der Waals surface area contributed by atoms with Crippen LogP contribution in [-0.2, 0) is 26.1 Å². The molecule has 0 saturated carbocycles. The molecule has 10 nitrogen and oxygen atoms in total. The third-order valence-electron chi connectivity index (χ3n) is 5.17. The van der Waals surface area contributed by atoms with E-state index < -0.39 is 40.3 Å². The molecule has 0 spiro atoms. The molecule has 3 aromatic rings. The summed E-state index contributed by atoms with van der Waals surface area (Å²) < 4.78 is 27.9. The fourth-order valence-electron chi connectivity index (χ4n) is 3.49. The summed E-state index contributed by atoms with van der Waals surface area (Å²) in [5.41, 5.74) is 1.18. The third-order valence-corrected chi connectivity index (χ3v) is 6.08. The number of ether oxygens (including phenoxy) is 1. The van der Waals surface area contributed by atoms with Gasteiger partial charge in [0.15, 0.2) is 6.61 Å². The number of nitrogens with two attached hydrogens (primary N) is 1. The second-order valence-electron chi connectivity index (χ2n) is 7.64. The van der Waals surface area contributed by atoms with Gasteiger partial charge in [-0.1, -0.05) is 36.4 Å². The Labute approximate surface area is 200 Å². The van der Waals surface area contributed by atoms with Crippen LogP contribution in [0.2, 0.25) is 0 Å². The third kappa shape index (κ3) is 5.26. The van der Waals surface area contributed by atoms with E-state index >= 15 is 0 Å². The highest BCUT2D eigenvalue weighted by Crippen LogP contribution is 2.26. The average molecular weight is 493 g/mol. The first-order valence-corrected chi connectivity index (χ1v) is 11.8. The van der Waals surface area contributed by atoms with Crippen molar-refractivity contribution < 1.29 is 32.3 Å². The van der Waals surface area contributed by atoms with Gasteiger partial charge in [0.1, 0.15) is 0 Å². The van der Waals surface area contributed by atoms with Crippen molar-refractivity contribution >= 4 is 39.4 Å². The quantitative estimate of drug-likeness (QED) is 0.377. The molecule has 0 radical (unpaired) electrons. The number of carbonyl (C=O) groups is 4. The van der Waals surface area contributed by atoms with Crippen LogP contribution in [0.1, 0.15) is 36.6 Å². The van der Waals surface area contributed by atoms with Gasteiger partial charge in [-0.15, -0.1) is 0 Å². The van der Waals surface area contributed by atoms with E-state index in [-0.39, 0.29) is 33.8 Å². The Morgan fingerprint density at radius 1 is 0.886 bits per heavy atom. The van der Waals surface area contributed by atoms with Crippen molar-refractivity contribution in [3.63, 3.8) is 0 Å². The fraction of sp³-hybridized carbons (Fsp3) is 0.0833. The lowest BCUT2D eigenvalue weighted by Gasteiger charge is -2.13. The molecular formula is C24H19N3O7S. The molecule has 0 saturated heterocycles. The molecule has 0 aliphatic carbocycles. The lowest BCUT2D eigenvalue weighted by atomic mass is 10.1. The van der Waals surface area contributed by atoms with Crippen LogP contribution < -0.4 is 10.5 Å². The van der Waals surface area contributed by atoms with Gasteiger partial charge in [-0.25, -0.2) is 18.4 Å². The lowest BCUT2D eigenvalue weighted by molar-refractivity contribution is -0.119. The Bertz CT molecular complexity index is 1450.